The van der Waals surface area contributed by atoms with Gasteiger partial charge in [0.1, 0.15) is 11.6 Å². The minimum Gasteiger partial charge on any atom is -0.466 e. The van der Waals surface area contributed by atoms with E-state index in [2.05, 4.69) is 10.1 Å². The summed E-state index contributed by atoms with van der Waals surface area (Å²) in [5.41, 5.74) is 0.310. The van der Waals surface area contributed by atoms with Crippen LogP contribution in [0.4, 0.5) is 0 Å². The summed E-state index contributed by atoms with van der Waals surface area (Å²) in [6.45, 7) is 3.67. The molecule has 1 aromatic rings. The Kier molecular flexibility index (Phi) is 8.55. The van der Waals surface area contributed by atoms with Crippen molar-refractivity contribution in [2.75, 3.05) is 13.7 Å². The van der Waals surface area contributed by atoms with Gasteiger partial charge in [0.15, 0.2) is 6.10 Å². The van der Waals surface area contributed by atoms with Crippen LogP contribution in [-0.4, -0.2) is 49.3 Å². The van der Waals surface area contributed by atoms with Crippen molar-refractivity contribution >= 4 is 17.8 Å². The van der Waals surface area contributed by atoms with Crippen LogP contribution in [0.5, 0.6) is 0 Å². The Morgan fingerprint density at radius 3 is 2.43 bits per heavy atom. The molecular weight excluding hydrogens is 386 g/mol. The summed E-state index contributed by atoms with van der Waals surface area (Å²) in [4.78, 5) is 35.4. The molecule has 1 amide bonds. The van der Waals surface area contributed by atoms with Gasteiger partial charge in [0.25, 0.3) is 0 Å². The fourth-order valence-corrected chi connectivity index (χ4v) is 2.64. The first kappa shape index (κ1) is 23.1. The van der Waals surface area contributed by atoms with Crippen molar-refractivity contribution in [3.63, 3.8) is 0 Å². The molecule has 1 aromatic carbocycles. The average Bonchev–Trinajstić information content (AvgIpc) is 3.47. The van der Waals surface area contributed by atoms with E-state index >= 15 is 0 Å². The van der Waals surface area contributed by atoms with Crippen molar-refractivity contribution < 1.29 is 28.6 Å². The van der Waals surface area contributed by atoms with Crippen LogP contribution in [0.15, 0.2) is 66.8 Å². The highest BCUT2D eigenvalue weighted by Gasteiger charge is 2.48. The molecule has 160 valence electrons. The molecule has 1 fully saturated rings. The lowest BCUT2D eigenvalue weighted by Gasteiger charge is -2.22. The first-order chi connectivity index (χ1) is 14.3. The molecule has 1 N–H and O–H groups in total. The van der Waals surface area contributed by atoms with Crippen molar-refractivity contribution in [2.45, 2.75) is 38.0 Å². The van der Waals surface area contributed by atoms with E-state index < -0.39 is 29.7 Å². The summed E-state index contributed by atoms with van der Waals surface area (Å²) < 4.78 is 15.6. The summed E-state index contributed by atoms with van der Waals surface area (Å²) in [6, 6.07) is 8.60. The largest absolute Gasteiger partial charge is 0.466 e. The standard InChI is InChI=1S/C23H27NO6/c1-17(25)24-19(15-18-11-7-6-8-12-18)22(27)30-20(23(2)16-29-23)13-9-4-5-10-14-21(26)28-3/h4-14,19-20H,15-16H2,1-3H3,(H,24,25)/b5-4-,13-9+,14-10+/t19-,20-,23-/m1/s1. The fourth-order valence-electron chi connectivity index (χ4n) is 2.64. The Morgan fingerprint density at radius 1 is 1.17 bits per heavy atom. The summed E-state index contributed by atoms with van der Waals surface area (Å²) in [7, 11) is 1.30. The van der Waals surface area contributed by atoms with E-state index in [1.54, 1.807) is 30.4 Å². The molecule has 7 nitrogen and oxygen atoms in total. The quantitative estimate of drug-likeness (QED) is 0.274. The molecule has 7 heteroatoms. The predicted molar refractivity (Wildman–Crippen MR) is 111 cm³/mol. The van der Waals surface area contributed by atoms with Crippen molar-refractivity contribution in [1.82, 2.24) is 5.32 Å². The van der Waals surface area contributed by atoms with E-state index in [9.17, 15) is 14.4 Å². The van der Waals surface area contributed by atoms with Gasteiger partial charge in [-0.25, -0.2) is 9.59 Å². The minimum absolute atomic E-state index is 0.311. The van der Waals surface area contributed by atoms with E-state index in [4.69, 9.17) is 9.47 Å². The smallest absolute Gasteiger partial charge is 0.330 e. The average molecular weight is 413 g/mol. The highest BCUT2D eigenvalue weighted by atomic mass is 16.6. The van der Waals surface area contributed by atoms with Gasteiger partial charge < -0.3 is 19.5 Å². The molecule has 1 aliphatic heterocycles. The van der Waals surface area contributed by atoms with Crippen LogP contribution < -0.4 is 5.32 Å². The molecule has 0 unspecified atom stereocenters. The maximum atomic E-state index is 12.8. The van der Waals surface area contributed by atoms with Gasteiger partial charge in [-0.2, -0.15) is 0 Å². The fraction of sp³-hybridized carbons (Fsp3) is 0.348. The van der Waals surface area contributed by atoms with Crippen LogP contribution in [0, 0.1) is 0 Å². The molecule has 0 saturated carbocycles. The molecule has 1 saturated heterocycles. The SMILES string of the molecule is COC(=O)/C=C/C=C\C=C\[C@@H](OC(=O)[C@@H](Cc1ccccc1)NC(C)=O)[C@@]1(C)CO1. The lowest BCUT2D eigenvalue weighted by atomic mass is 10.0. The third kappa shape index (κ3) is 7.67. The molecule has 0 aliphatic carbocycles. The number of allylic oxidation sites excluding steroid dienone is 4. The van der Waals surface area contributed by atoms with Crippen LogP contribution in [0.2, 0.25) is 0 Å². The van der Waals surface area contributed by atoms with Crippen molar-refractivity contribution in [3.8, 4) is 0 Å². The number of carbonyl (C=O) groups excluding carboxylic acids is 3. The highest BCUT2D eigenvalue weighted by molar-refractivity contribution is 5.83. The van der Waals surface area contributed by atoms with Gasteiger partial charge in [0, 0.05) is 19.4 Å². The zero-order valence-corrected chi connectivity index (χ0v) is 17.4. The minimum atomic E-state index is -0.804. The van der Waals surface area contributed by atoms with Gasteiger partial charge in [-0.3, -0.25) is 4.79 Å². The van der Waals surface area contributed by atoms with Gasteiger partial charge in [0.05, 0.1) is 13.7 Å². The first-order valence-electron chi connectivity index (χ1n) is 9.59. The number of epoxide rings is 1. The second kappa shape index (κ2) is 11.1. The van der Waals surface area contributed by atoms with Crippen LogP contribution in [0.25, 0.3) is 0 Å². The van der Waals surface area contributed by atoms with Crippen molar-refractivity contribution in [1.29, 1.82) is 0 Å². The zero-order chi connectivity index (χ0) is 22.0. The molecule has 0 aromatic heterocycles. The second-order valence-electron chi connectivity index (χ2n) is 7.05. The van der Waals surface area contributed by atoms with E-state index in [0.717, 1.165) is 5.56 Å². The number of hydrogen-bond donors (Lipinski definition) is 1. The van der Waals surface area contributed by atoms with Gasteiger partial charge in [-0.15, -0.1) is 0 Å². The number of carbonyl (C=O) groups is 3. The van der Waals surface area contributed by atoms with Crippen LogP contribution in [-0.2, 0) is 35.0 Å². The maximum absolute atomic E-state index is 12.8. The van der Waals surface area contributed by atoms with E-state index in [0.29, 0.717) is 13.0 Å². The second-order valence-corrected chi connectivity index (χ2v) is 7.05. The monoisotopic (exact) mass is 413 g/mol. The highest BCUT2D eigenvalue weighted by Crippen LogP contribution is 2.33. The number of amides is 1. The Hall–Kier alpha value is -3.19. The first-order valence-corrected chi connectivity index (χ1v) is 9.59. The molecule has 0 spiro atoms. The van der Waals surface area contributed by atoms with E-state index in [1.807, 2.05) is 37.3 Å². The lowest BCUT2D eigenvalue weighted by molar-refractivity contribution is -0.153. The van der Waals surface area contributed by atoms with Gasteiger partial charge >= 0.3 is 11.9 Å². The van der Waals surface area contributed by atoms with Crippen LogP contribution in [0.3, 0.4) is 0 Å². The van der Waals surface area contributed by atoms with E-state index in [1.165, 1.54) is 20.1 Å². The zero-order valence-electron chi connectivity index (χ0n) is 17.4. The van der Waals surface area contributed by atoms with Gasteiger partial charge in [-0.05, 0) is 18.6 Å². The van der Waals surface area contributed by atoms with E-state index in [-0.39, 0.29) is 5.91 Å². The van der Waals surface area contributed by atoms with Crippen molar-refractivity contribution in [3.05, 3.63) is 72.4 Å². The van der Waals surface area contributed by atoms with Crippen LogP contribution >= 0.6 is 0 Å². The summed E-state index contributed by atoms with van der Waals surface area (Å²) >= 11 is 0. The number of esters is 2. The lowest BCUT2D eigenvalue weighted by Crippen LogP contribution is -2.45. The summed E-state index contributed by atoms with van der Waals surface area (Å²) in [5.74, 6) is -1.29. The van der Waals surface area contributed by atoms with Crippen molar-refractivity contribution in [2.24, 2.45) is 0 Å². The molecule has 3 atom stereocenters. The van der Waals surface area contributed by atoms with Gasteiger partial charge in [0.2, 0.25) is 5.91 Å². The normalized spacial score (nSPS) is 20.2. The molecule has 1 aliphatic rings. The third-order valence-corrected chi connectivity index (χ3v) is 4.44. The van der Waals surface area contributed by atoms with Crippen LogP contribution in [0.1, 0.15) is 19.4 Å². The predicted octanol–water partition coefficient (Wildman–Crippen LogP) is 2.28. The molecule has 1 heterocycles. The number of benzene rings is 1. The molecular formula is C23H27NO6. The Morgan fingerprint density at radius 2 is 1.83 bits per heavy atom. The Balaban J connectivity index is 2.04. The number of hydrogen-bond acceptors (Lipinski definition) is 6. The summed E-state index contributed by atoms with van der Waals surface area (Å²) in [6.07, 6.45) is 9.29. The number of rotatable bonds is 10. The van der Waals surface area contributed by atoms with Gasteiger partial charge in [-0.1, -0.05) is 54.6 Å². The topological polar surface area (TPSA) is 94.2 Å². The number of nitrogens with one attached hydrogen (secondary N) is 1. The number of ether oxygens (including phenoxy) is 3. The molecule has 0 radical (unpaired) electrons. The summed E-state index contributed by atoms with van der Waals surface area (Å²) in [5, 5.41) is 2.66. The number of methoxy groups -OCH3 is 1. The molecule has 2 rings (SSSR count). The maximum Gasteiger partial charge on any atom is 0.330 e. The third-order valence-electron chi connectivity index (χ3n) is 4.44. The molecule has 0 bridgehead atoms. The Bertz CT molecular complexity index is 823. The Labute approximate surface area is 176 Å². The molecule has 30 heavy (non-hydrogen) atoms.